The van der Waals surface area contributed by atoms with Crippen LogP contribution in [0.4, 0.5) is 0 Å². The van der Waals surface area contributed by atoms with Gasteiger partial charge in [0.15, 0.2) is 0 Å². The molecule has 4 atom stereocenters. The number of benzene rings is 1. The molecule has 1 unspecified atom stereocenters. The molecule has 0 N–H and O–H groups in total. The van der Waals surface area contributed by atoms with Gasteiger partial charge < -0.3 is 9.80 Å². The van der Waals surface area contributed by atoms with Crippen LogP contribution in [0.25, 0.3) is 0 Å². The summed E-state index contributed by atoms with van der Waals surface area (Å²) in [6.45, 7) is 5.08. The number of likely N-dealkylation sites (tertiary alicyclic amines) is 1. The number of rotatable bonds is 1. The minimum absolute atomic E-state index is 0.168. The molecule has 5 aliphatic rings. The van der Waals surface area contributed by atoms with Crippen molar-refractivity contribution in [3.63, 3.8) is 0 Å². The Bertz CT molecular complexity index is 653. The molecule has 4 saturated heterocycles. The molecule has 4 heteroatoms. The lowest BCUT2D eigenvalue weighted by molar-refractivity contribution is -0.125. The first kappa shape index (κ1) is 11.9. The molecule has 0 spiro atoms. The van der Waals surface area contributed by atoms with E-state index in [2.05, 4.69) is 20.9 Å². The van der Waals surface area contributed by atoms with Gasteiger partial charge in [0.1, 0.15) is 5.71 Å². The molecule has 5 aliphatic heterocycles. The quantitative estimate of drug-likeness (QED) is 0.774. The summed E-state index contributed by atoms with van der Waals surface area (Å²) in [5, 5.41) is 0. The van der Waals surface area contributed by atoms with Crippen molar-refractivity contribution in [3.8, 4) is 0 Å². The normalized spacial score (nSPS) is 35.8. The van der Waals surface area contributed by atoms with Crippen molar-refractivity contribution in [3.05, 3.63) is 35.4 Å². The molecule has 1 aromatic rings. The average molecular weight is 281 g/mol. The highest BCUT2D eigenvalue weighted by molar-refractivity contribution is 6.46. The monoisotopic (exact) mass is 281 g/mol. The Morgan fingerprint density at radius 2 is 2.10 bits per heavy atom. The van der Waals surface area contributed by atoms with E-state index in [1.165, 1.54) is 25.1 Å². The van der Waals surface area contributed by atoms with Gasteiger partial charge in [-0.1, -0.05) is 24.3 Å². The maximum atomic E-state index is 13.0. The maximum absolute atomic E-state index is 13.0. The van der Waals surface area contributed by atoms with Gasteiger partial charge in [-0.3, -0.25) is 9.79 Å². The van der Waals surface area contributed by atoms with Crippen molar-refractivity contribution in [1.82, 2.24) is 9.80 Å². The smallest absolute Gasteiger partial charge is 0.272 e. The Labute approximate surface area is 124 Å². The van der Waals surface area contributed by atoms with E-state index in [1.54, 1.807) is 0 Å². The second kappa shape index (κ2) is 4.17. The number of amides is 1. The van der Waals surface area contributed by atoms with Crippen LogP contribution in [0.3, 0.4) is 0 Å². The lowest BCUT2D eigenvalue weighted by Crippen LogP contribution is -2.54. The number of aliphatic imine (C=N–C) groups is 1. The van der Waals surface area contributed by atoms with Gasteiger partial charge in [-0.2, -0.15) is 0 Å². The summed E-state index contributed by atoms with van der Waals surface area (Å²) in [7, 11) is 0. The van der Waals surface area contributed by atoms with Crippen LogP contribution in [0.2, 0.25) is 0 Å². The molecule has 1 amide bonds. The minimum Gasteiger partial charge on any atom is -0.332 e. The average Bonchev–Trinajstić information content (AvgIpc) is 3.06. The van der Waals surface area contributed by atoms with E-state index in [4.69, 9.17) is 0 Å². The summed E-state index contributed by atoms with van der Waals surface area (Å²) in [4.78, 5) is 22.2. The molecule has 4 nitrogen and oxygen atoms in total. The Morgan fingerprint density at radius 1 is 1.19 bits per heavy atom. The van der Waals surface area contributed by atoms with Crippen molar-refractivity contribution in [2.45, 2.75) is 19.0 Å². The summed E-state index contributed by atoms with van der Waals surface area (Å²) in [5.74, 6) is 1.59. The molecule has 108 valence electrons. The molecular weight excluding hydrogens is 262 g/mol. The van der Waals surface area contributed by atoms with Crippen molar-refractivity contribution in [2.75, 3.05) is 26.2 Å². The third kappa shape index (κ3) is 1.59. The van der Waals surface area contributed by atoms with Crippen molar-refractivity contribution >= 4 is 11.6 Å². The molecule has 0 aliphatic carbocycles. The number of piperidine rings is 3. The Morgan fingerprint density at radius 3 is 2.95 bits per heavy atom. The van der Waals surface area contributed by atoms with Crippen LogP contribution in [0.1, 0.15) is 17.5 Å². The number of hydrogen-bond acceptors (Lipinski definition) is 3. The van der Waals surface area contributed by atoms with Crippen molar-refractivity contribution < 1.29 is 4.79 Å². The third-order valence-corrected chi connectivity index (χ3v) is 5.79. The number of carbonyl (C=O) groups excluding carboxylic acids is 1. The van der Waals surface area contributed by atoms with E-state index >= 15 is 0 Å². The molecule has 4 fully saturated rings. The number of carbonyl (C=O) groups is 1. The molecule has 0 aromatic heterocycles. The zero-order valence-corrected chi connectivity index (χ0v) is 12.0. The van der Waals surface area contributed by atoms with E-state index in [-0.39, 0.29) is 5.91 Å². The molecular formula is C17H19N3O. The van der Waals surface area contributed by atoms with E-state index in [9.17, 15) is 4.79 Å². The molecule has 0 saturated carbocycles. The molecule has 4 bridgehead atoms. The summed E-state index contributed by atoms with van der Waals surface area (Å²) in [5.41, 5.74) is 2.94. The van der Waals surface area contributed by atoms with Gasteiger partial charge in [-0.15, -0.1) is 0 Å². The summed E-state index contributed by atoms with van der Waals surface area (Å²) in [6.07, 6.45) is 1.27. The molecule has 0 radical (unpaired) electrons. The predicted octanol–water partition coefficient (Wildman–Crippen LogP) is 1.15. The van der Waals surface area contributed by atoms with Gasteiger partial charge >= 0.3 is 0 Å². The highest BCUT2D eigenvalue weighted by Crippen LogP contribution is 2.41. The van der Waals surface area contributed by atoms with Crippen LogP contribution in [0, 0.1) is 11.8 Å². The standard InChI is InChI=1S/C17H19N3O/c21-17(16-14-4-2-1-3-11(14)7-18-16)20-9-12-8-19-6-5-13(12)15(20)10-19/h1-4,12-13,15H,5-10H2/t12-,13-,15-/m1/s1. The fourth-order valence-electron chi connectivity index (χ4n) is 4.80. The predicted molar refractivity (Wildman–Crippen MR) is 80.2 cm³/mol. The fourth-order valence-corrected chi connectivity index (χ4v) is 4.80. The summed E-state index contributed by atoms with van der Waals surface area (Å²) >= 11 is 0. The van der Waals surface area contributed by atoms with Gasteiger partial charge in [-0.25, -0.2) is 0 Å². The number of fused-ring (bicyclic) bond motifs is 2. The molecule has 1 aromatic carbocycles. The van der Waals surface area contributed by atoms with Gasteiger partial charge in [0.05, 0.1) is 6.54 Å². The van der Waals surface area contributed by atoms with Gasteiger partial charge in [-0.05, 0) is 30.4 Å². The lowest BCUT2D eigenvalue weighted by atomic mass is 9.80. The number of nitrogens with zero attached hydrogens (tertiary/aromatic N) is 3. The zero-order chi connectivity index (χ0) is 14.0. The first-order chi connectivity index (χ1) is 10.3. The topological polar surface area (TPSA) is 35.9 Å². The van der Waals surface area contributed by atoms with E-state index in [0.29, 0.717) is 24.2 Å². The summed E-state index contributed by atoms with van der Waals surface area (Å²) < 4.78 is 0. The first-order valence-electron chi connectivity index (χ1n) is 7.97. The van der Waals surface area contributed by atoms with Crippen LogP contribution in [0.5, 0.6) is 0 Å². The second-order valence-corrected chi connectivity index (χ2v) is 6.82. The van der Waals surface area contributed by atoms with E-state index in [1.807, 2.05) is 18.2 Å². The van der Waals surface area contributed by atoms with Crippen LogP contribution in [-0.4, -0.2) is 53.6 Å². The van der Waals surface area contributed by atoms with E-state index in [0.717, 1.165) is 24.6 Å². The summed E-state index contributed by atoms with van der Waals surface area (Å²) in [6, 6.07) is 8.58. The lowest BCUT2D eigenvalue weighted by Gasteiger charge is -2.44. The highest BCUT2D eigenvalue weighted by Gasteiger charge is 2.51. The Hall–Kier alpha value is -1.68. The van der Waals surface area contributed by atoms with Crippen molar-refractivity contribution in [1.29, 1.82) is 0 Å². The minimum atomic E-state index is 0.168. The van der Waals surface area contributed by atoms with Crippen LogP contribution in [-0.2, 0) is 11.3 Å². The van der Waals surface area contributed by atoms with Gasteiger partial charge in [0.2, 0.25) is 0 Å². The first-order valence-corrected chi connectivity index (χ1v) is 7.97. The fraction of sp³-hybridized carbons (Fsp3) is 0.529. The maximum Gasteiger partial charge on any atom is 0.272 e. The zero-order valence-electron chi connectivity index (χ0n) is 12.0. The van der Waals surface area contributed by atoms with E-state index < -0.39 is 0 Å². The third-order valence-electron chi connectivity index (χ3n) is 5.79. The highest BCUT2D eigenvalue weighted by atomic mass is 16.2. The molecule has 5 heterocycles. The Kier molecular flexibility index (Phi) is 2.37. The molecule has 6 rings (SSSR count). The largest absolute Gasteiger partial charge is 0.332 e. The van der Waals surface area contributed by atoms with Crippen molar-refractivity contribution in [2.24, 2.45) is 16.8 Å². The van der Waals surface area contributed by atoms with Gasteiger partial charge in [0, 0.05) is 31.2 Å². The van der Waals surface area contributed by atoms with Crippen LogP contribution in [0.15, 0.2) is 29.3 Å². The van der Waals surface area contributed by atoms with Crippen LogP contribution >= 0.6 is 0 Å². The van der Waals surface area contributed by atoms with Crippen LogP contribution < -0.4 is 0 Å². The second-order valence-electron chi connectivity index (χ2n) is 6.82. The number of hydrogen-bond donors (Lipinski definition) is 0. The SMILES string of the molecule is O=C(C1=NCc2ccccc21)N1C[C@H]2CN3CC[C@H]2[C@H]1C3. The van der Waals surface area contributed by atoms with Gasteiger partial charge in [0.25, 0.3) is 5.91 Å². The Balaban J connectivity index is 1.46. The molecule has 21 heavy (non-hydrogen) atoms.